The minimum absolute atomic E-state index is 0.0867. The molecule has 0 aromatic carbocycles. The van der Waals surface area contributed by atoms with Crippen LogP contribution in [0.15, 0.2) is 0 Å². The summed E-state index contributed by atoms with van der Waals surface area (Å²) in [4.78, 5) is 23.1. The minimum Gasteiger partial charge on any atom is -0.461 e. The van der Waals surface area contributed by atoms with E-state index in [1.54, 1.807) is 0 Å². The molecule has 1 heterocycles. The van der Waals surface area contributed by atoms with Crippen LogP contribution >= 0.6 is 9.47 Å². The maximum atomic E-state index is 11.8. The van der Waals surface area contributed by atoms with E-state index < -0.39 is 5.60 Å². The second-order valence-electron chi connectivity index (χ2n) is 6.71. The van der Waals surface area contributed by atoms with Crippen LogP contribution in [0.1, 0.15) is 84.0 Å². The normalized spacial score (nSPS) is 20.2. The number of cyclic esters (lactones) is 1. The molecule has 0 radical (unpaired) electrons. The summed E-state index contributed by atoms with van der Waals surface area (Å²) in [6, 6.07) is 0. The van der Waals surface area contributed by atoms with Crippen molar-refractivity contribution in [3.05, 3.63) is 0 Å². The lowest BCUT2D eigenvalue weighted by Gasteiger charge is -2.25. The Balaban J connectivity index is 2.04. The van der Waals surface area contributed by atoms with Crippen molar-refractivity contribution in [2.45, 2.75) is 89.6 Å². The molecule has 2 unspecified atom stereocenters. The standard InChI is InChI=1S/C18H33O5P/c1-2-3-4-5-6-7-8-9-10-11-16(19)21-14-18(15-22-24)13-12-17(20)23-18/h2-15,24H2,1H3. The van der Waals surface area contributed by atoms with Crippen LogP contribution in [-0.2, 0) is 23.6 Å². The summed E-state index contributed by atoms with van der Waals surface area (Å²) in [7, 11) is 2.14. The van der Waals surface area contributed by atoms with Crippen LogP contribution in [0.2, 0.25) is 0 Å². The van der Waals surface area contributed by atoms with Gasteiger partial charge < -0.3 is 14.0 Å². The van der Waals surface area contributed by atoms with Gasteiger partial charge in [0.2, 0.25) is 0 Å². The van der Waals surface area contributed by atoms with Crippen LogP contribution in [0.4, 0.5) is 0 Å². The van der Waals surface area contributed by atoms with Gasteiger partial charge in [0.15, 0.2) is 5.60 Å². The number of rotatable bonds is 14. The van der Waals surface area contributed by atoms with Gasteiger partial charge in [-0.25, -0.2) is 0 Å². The average molecular weight is 360 g/mol. The molecule has 0 saturated carbocycles. The van der Waals surface area contributed by atoms with Gasteiger partial charge in [0, 0.05) is 28.7 Å². The summed E-state index contributed by atoms with van der Waals surface area (Å²) in [5.74, 6) is -0.476. The van der Waals surface area contributed by atoms with Gasteiger partial charge in [-0.15, -0.1) is 0 Å². The third-order valence-corrected chi connectivity index (χ3v) is 4.61. The van der Waals surface area contributed by atoms with Gasteiger partial charge in [0.1, 0.15) is 6.61 Å². The molecule has 0 aromatic rings. The van der Waals surface area contributed by atoms with Gasteiger partial charge in [-0.1, -0.05) is 58.3 Å². The molecular weight excluding hydrogens is 327 g/mol. The van der Waals surface area contributed by atoms with Gasteiger partial charge >= 0.3 is 11.9 Å². The van der Waals surface area contributed by atoms with Gasteiger partial charge in [-0.05, 0) is 6.42 Å². The largest absolute Gasteiger partial charge is 0.461 e. The molecule has 140 valence electrons. The molecule has 0 aliphatic carbocycles. The highest BCUT2D eigenvalue weighted by Gasteiger charge is 2.42. The Morgan fingerprint density at radius 1 is 1.08 bits per heavy atom. The Kier molecular flexibility index (Phi) is 11.3. The monoisotopic (exact) mass is 360 g/mol. The molecule has 0 aromatic heterocycles. The fraction of sp³-hybridized carbons (Fsp3) is 0.889. The van der Waals surface area contributed by atoms with Crippen molar-refractivity contribution in [1.29, 1.82) is 0 Å². The van der Waals surface area contributed by atoms with Crippen molar-refractivity contribution in [3.63, 3.8) is 0 Å². The van der Waals surface area contributed by atoms with E-state index in [-0.39, 0.29) is 25.2 Å². The van der Waals surface area contributed by atoms with E-state index in [0.717, 1.165) is 12.8 Å². The molecule has 2 atom stereocenters. The quantitative estimate of drug-likeness (QED) is 0.262. The lowest BCUT2D eigenvalue weighted by molar-refractivity contribution is -0.165. The molecule has 5 nitrogen and oxygen atoms in total. The van der Waals surface area contributed by atoms with E-state index in [0.29, 0.717) is 19.3 Å². The smallest absolute Gasteiger partial charge is 0.306 e. The minimum atomic E-state index is -0.799. The zero-order valence-electron chi connectivity index (χ0n) is 15.0. The maximum absolute atomic E-state index is 11.8. The van der Waals surface area contributed by atoms with Crippen LogP contribution in [0.3, 0.4) is 0 Å². The molecule has 0 spiro atoms. The van der Waals surface area contributed by atoms with E-state index in [1.807, 2.05) is 0 Å². The zero-order chi connectivity index (χ0) is 17.7. The second-order valence-corrected chi connectivity index (χ2v) is 7.04. The van der Waals surface area contributed by atoms with Crippen molar-refractivity contribution < 1.29 is 23.6 Å². The summed E-state index contributed by atoms with van der Waals surface area (Å²) in [5, 5.41) is 0. The van der Waals surface area contributed by atoms with Crippen LogP contribution in [0.25, 0.3) is 0 Å². The van der Waals surface area contributed by atoms with Crippen molar-refractivity contribution in [2.24, 2.45) is 0 Å². The summed E-state index contributed by atoms with van der Waals surface area (Å²) < 4.78 is 15.6. The van der Waals surface area contributed by atoms with E-state index in [2.05, 4.69) is 16.4 Å². The molecule has 1 rings (SSSR count). The van der Waals surface area contributed by atoms with Crippen molar-refractivity contribution in [3.8, 4) is 0 Å². The highest BCUT2D eigenvalue weighted by molar-refractivity contribution is 7.09. The topological polar surface area (TPSA) is 61.8 Å². The summed E-state index contributed by atoms with van der Waals surface area (Å²) >= 11 is 0. The third-order valence-electron chi connectivity index (χ3n) is 4.44. The lowest BCUT2D eigenvalue weighted by Crippen LogP contribution is -2.39. The molecule has 1 aliphatic heterocycles. The average Bonchev–Trinajstić information content (AvgIpc) is 2.93. The SMILES string of the molecule is CCCCCCCCCCCC(=O)OCC1(COP)CCC(=O)O1. The van der Waals surface area contributed by atoms with Crippen LogP contribution in [-0.4, -0.2) is 30.8 Å². The third kappa shape index (κ3) is 8.98. The predicted molar refractivity (Wildman–Crippen MR) is 96.5 cm³/mol. The Hall–Kier alpha value is -0.670. The first-order valence-electron chi connectivity index (χ1n) is 9.31. The van der Waals surface area contributed by atoms with Gasteiger partial charge in [-0.3, -0.25) is 9.59 Å². The molecule has 24 heavy (non-hydrogen) atoms. The number of ether oxygens (including phenoxy) is 2. The van der Waals surface area contributed by atoms with E-state index >= 15 is 0 Å². The molecular formula is C18H33O5P. The molecule has 0 N–H and O–H groups in total. The van der Waals surface area contributed by atoms with Crippen LogP contribution < -0.4 is 0 Å². The fourth-order valence-corrected chi connectivity index (χ4v) is 3.24. The van der Waals surface area contributed by atoms with Crippen molar-refractivity contribution >= 4 is 21.4 Å². The Morgan fingerprint density at radius 3 is 2.25 bits per heavy atom. The number of unbranched alkanes of at least 4 members (excludes halogenated alkanes) is 8. The summed E-state index contributed by atoms with van der Waals surface area (Å²) in [6.07, 6.45) is 12.3. The van der Waals surface area contributed by atoms with Gasteiger partial charge in [0.25, 0.3) is 0 Å². The second kappa shape index (κ2) is 12.7. The highest BCUT2D eigenvalue weighted by atomic mass is 31.0. The first-order valence-corrected chi connectivity index (χ1v) is 9.78. The van der Waals surface area contributed by atoms with Gasteiger partial charge in [0.05, 0.1) is 6.61 Å². The summed E-state index contributed by atoms with van der Waals surface area (Å²) in [6.45, 7) is 2.55. The van der Waals surface area contributed by atoms with E-state index in [9.17, 15) is 9.59 Å². The van der Waals surface area contributed by atoms with Crippen LogP contribution in [0.5, 0.6) is 0 Å². The first kappa shape index (κ1) is 21.4. The number of carbonyl (C=O) groups is 2. The molecule has 1 fully saturated rings. The molecule has 6 heteroatoms. The molecule has 1 aliphatic rings. The van der Waals surface area contributed by atoms with E-state index in [1.165, 1.54) is 44.9 Å². The van der Waals surface area contributed by atoms with Gasteiger partial charge in [-0.2, -0.15) is 0 Å². The number of esters is 2. The van der Waals surface area contributed by atoms with Crippen LogP contribution in [0, 0.1) is 0 Å². The number of carbonyl (C=O) groups excluding carboxylic acids is 2. The number of hydrogen-bond acceptors (Lipinski definition) is 5. The highest BCUT2D eigenvalue weighted by Crippen LogP contribution is 2.28. The zero-order valence-corrected chi connectivity index (χ0v) is 16.2. The lowest BCUT2D eigenvalue weighted by atomic mass is 10.0. The fourth-order valence-electron chi connectivity index (χ4n) is 2.93. The Labute approximate surface area is 148 Å². The Bertz CT molecular complexity index is 374. The maximum Gasteiger partial charge on any atom is 0.306 e. The number of hydrogen-bond donors (Lipinski definition) is 0. The van der Waals surface area contributed by atoms with E-state index in [4.69, 9.17) is 14.0 Å². The molecule has 1 saturated heterocycles. The predicted octanol–water partition coefficient (Wildman–Crippen LogP) is 4.33. The molecule has 0 bridgehead atoms. The first-order chi connectivity index (χ1) is 11.6. The molecule has 0 amide bonds. The Morgan fingerprint density at radius 2 is 1.71 bits per heavy atom. The van der Waals surface area contributed by atoms with Crippen molar-refractivity contribution in [2.75, 3.05) is 13.2 Å². The van der Waals surface area contributed by atoms with Crippen molar-refractivity contribution in [1.82, 2.24) is 0 Å². The summed E-state index contributed by atoms with van der Waals surface area (Å²) in [5.41, 5.74) is -0.799.